The van der Waals surface area contributed by atoms with E-state index in [2.05, 4.69) is 10.3 Å². The van der Waals surface area contributed by atoms with Crippen LogP contribution < -0.4 is 11.3 Å². The van der Waals surface area contributed by atoms with E-state index in [4.69, 9.17) is 5.84 Å². The van der Waals surface area contributed by atoms with Crippen LogP contribution in [0.15, 0.2) is 12.1 Å². The minimum absolute atomic E-state index is 0.243. The predicted octanol–water partition coefficient (Wildman–Crippen LogP) is 0.158. The van der Waals surface area contributed by atoms with Crippen LogP contribution in [0.25, 0.3) is 0 Å². The molecule has 3 heterocycles. The third-order valence-electron chi connectivity index (χ3n) is 3.97. The summed E-state index contributed by atoms with van der Waals surface area (Å²) in [7, 11) is 0. The molecule has 2 aliphatic rings. The second-order valence-corrected chi connectivity index (χ2v) is 6.42. The van der Waals surface area contributed by atoms with Gasteiger partial charge in [0.05, 0.1) is 4.88 Å². The normalized spacial score (nSPS) is 22.9. The number of nitrogen functional groups attached to an aromatic ring is 1. The first-order chi connectivity index (χ1) is 9.67. The molecule has 2 saturated heterocycles. The molecule has 1 aromatic heterocycles. The smallest absolute Gasteiger partial charge is 0.275 e. The number of nitrogens with one attached hydrogen (secondary N) is 1. The second-order valence-electron chi connectivity index (χ2n) is 5.25. The molecule has 6 nitrogen and oxygen atoms in total. The molecular weight excluding hydrogens is 276 g/mol. The quantitative estimate of drug-likeness (QED) is 0.473. The number of nitrogens with two attached hydrogens (primary N) is 1. The van der Waals surface area contributed by atoms with Gasteiger partial charge < -0.3 is 4.90 Å². The van der Waals surface area contributed by atoms with Gasteiger partial charge in [0.25, 0.3) is 5.91 Å². The molecule has 0 aliphatic carbocycles. The number of nitrogens with zero attached hydrogens (tertiary/aromatic N) is 2. The van der Waals surface area contributed by atoms with Crippen LogP contribution in [-0.4, -0.2) is 47.3 Å². The molecule has 1 unspecified atom stereocenters. The molecule has 0 bridgehead atoms. The lowest BCUT2D eigenvalue weighted by atomic mass is 10.1. The molecule has 3 N–H and O–H groups in total. The van der Waals surface area contributed by atoms with E-state index in [-0.39, 0.29) is 5.91 Å². The summed E-state index contributed by atoms with van der Waals surface area (Å²) >= 11 is 1.47. The number of carbonyl (C=O) groups excluding carboxylic acids is 2. The highest BCUT2D eigenvalue weighted by Gasteiger charge is 2.35. The number of hydrazine groups is 1. The van der Waals surface area contributed by atoms with Gasteiger partial charge in [0.1, 0.15) is 0 Å². The van der Waals surface area contributed by atoms with Crippen LogP contribution in [0.5, 0.6) is 0 Å². The van der Waals surface area contributed by atoms with Crippen molar-refractivity contribution in [3.63, 3.8) is 0 Å². The van der Waals surface area contributed by atoms with Crippen LogP contribution in [0.4, 0.5) is 0 Å². The van der Waals surface area contributed by atoms with E-state index in [1.807, 2.05) is 11.0 Å². The van der Waals surface area contributed by atoms with Gasteiger partial charge in [-0.05, 0) is 18.6 Å². The van der Waals surface area contributed by atoms with Crippen molar-refractivity contribution < 1.29 is 9.59 Å². The standard InChI is InChI=1S/C13H18N4O2S/c14-15-13(19)11-3-2-10(20-11)8-16-5-6-17-9(7-16)1-4-12(17)18/h2-3,9H,1,4-8,14H2,(H,15,19). The molecule has 0 saturated carbocycles. The molecule has 7 heteroatoms. The van der Waals surface area contributed by atoms with Crippen LogP contribution >= 0.6 is 11.3 Å². The van der Waals surface area contributed by atoms with Crippen LogP contribution in [0.1, 0.15) is 27.4 Å². The lowest BCUT2D eigenvalue weighted by Crippen LogP contribution is -2.50. The first kappa shape index (κ1) is 13.5. The maximum Gasteiger partial charge on any atom is 0.275 e. The van der Waals surface area contributed by atoms with Crippen LogP contribution in [0, 0.1) is 0 Å². The molecule has 20 heavy (non-hydrogen) atoms. The van der Waals surface area contributed by atoms with Gasteiger partial charge in [-0.2, -0.15) is 0 Å². The first-order valence-corrected chi connectivity index (χ1v) is 7.60. The largest absolute Gasteiger partial charge is 0.337 e. The molecule has 108 valence electrons. The summed E-state index contributed by atoms with van der Waals surface area (Å²) in [5.74, 6) is 5.18. The zero-order valence-corrected chi connectivity index (χ0v) is 12.0. The van der Waals surface area contributed by atoms with E-state index in [0.717, 1.165) is 37.5 Å². The lowest BCUT2D eigenvalue weighted by Gasteiger charge is -2.37. The summed E-state index contributed by atoms with van der Waals surface area (Å²) in [5.41, 5.74) is 2.15. The molecular formula is C13H18N4O2S. The molecule has 2 aliphatic heterocycles. The topological polar surface area (TPSA) is 78.7 Å². The Kier molecular flexibility index (Phi) is 3.73. The Morgan fingerprint density at radius 3 is 3.10 bits per heavy atom. The minimum Gasteiger partial charge on any atom is -0.337 e. The number of hydrogen-bond acceptors (Lipinski definition) is 5. The van der Waals surface area contributed by atoms with Crippen LogP contribution in [-0.2, 0) is 11.3 Å². The number of hydrogen-bond donors (Lipinski definition) is 2. The predicted molar refractivity (Wildman–Crippen MR) is 76.0 cm³/mol. The summed E-state index contributed by atoms with van der Waals surface area (Å²) in [4.78, 5) is 29.2. The summed E-state index contributed by atoms with van der Waals surface area (Å²) in [6.07, 6.45) is 1.67. The second kappa shape index (κ2) is 5.51. The fraction of sp³-hybridized carbons (Fsp3) is 0.538. The number of thiophene rings is 1. The monoisotopic (exact) mass is 294 g/mol. The zero-order valence-electron chi connectivity index (χ0n) is 11.2. The van der Waals surface area contributed by atoms with E-state index < -0.39 is 0 Å². The highest BCUT2D eigenvalue weighted by Crippen LogP contribution is 2.25. The summed E-state index contributed by atoms with van der Waals surface area (Å²) in [6, 6.07) is 4.15. The molecule has 0 spiro atoms. The van der Waals surface area contributed by atoms with E-state index in [0.29, 0.717) is 23.2 Å². The van der Waals surface area contributed by atoms with Gasteiger partial charge in [-0.15, -0.1) is 11.3 Å². The van der Waals surface area contributed by atoms with Gasteiger partial charge in [0.15, 0.2) is 0 Å². The number of carbonyl (C=O) groups is 2. The van der Waals surface area contributed by atoms with Crippen LogP contribution in [0.3, 0.4) is 0 Å². The number of piperazine rings is 1. The van der Waals surface area contributed by atoms with Gasteiger partial charge in [-0.25, -0.2) is 5.84 Å². The Bertz CT molecular complexity index is 530. The van der Waals surface area contributed by atoms with Crippen molar-refractivity contribution in [2.24, 2.45) is 5.84 Å². The summed E-state index contributed by atoms with van der Waals surface area (Å²) in [6.45, 7) is 3.49. The zero-order chi connectivity index (χ0) is 14.1. The highest BCUT2D eigenvalue weighted by molar-refractivity contribution is 7.14. The third kappa shape index (κ3) is 2.56. The average Bonchev–Trinajstić information content (AvgIpc) is 3.06. The fourth-order valence-corrected chi connectivity index (χ4v) is 3.90. The van der Waals surface area contributed by atoms with Crippen molar-refractivity contribution in [3.8, 4) is 0 Å². The number of fused-ring (bicyclic) bond motifs is 1. The third-order valence-corrected chi connectivity index (χ3v) is 5.04. The fourth-order valence-electron chi connectivity index (χ4n) is 2.95. The van der Waals surface area contributed by atoms with Crippen molar-refractivity contribution in [1.29, 1.82) is 0 Å². The lowest BCUT2D eigenvalue weighted by molar-refractivity contribution is -0.130. The molecule has 0 aromatic carbocycles. The number of rotatable bonds is 3. The maximum atomic E-state index is 11.6. The SMILES string of the molecule is NNC(=O)c1ccc(CN2CCN3C(=O)CCC3C2)s1. The first-order valence-electron chi connectivity index (χ1n) is 6.79. The average molecular weight is 294 g/mol. The maximum absolute atomic E-state index is 11.6. The Labute approximate surface area is 121 Å². The molecule has 1 aromatic rings. The number of amides is 2. The van der Waals surface area contributed by atoms with E-state index in [1.54, 1.807) is 6.07 Å². The van der Waals surface area contributed by atoms with Gasteiger partial charge in [-0.3, -0.25) is 19.9 Å². The minimum atomic E-state index is -0.243. The molecule has 0 radical (unpaired) electrons. The Morgan fingerprint density at radius 1 is 1.45 bits per heavy atom. The molecule has 3 rings (SSSR count). The van der Waals surface area contributed by atoms with Crippen molar-refractivity contribution in [2.75, 3.05) is 19.6 Å². The highest BCUT2D eigenvalue weighted by atomic mass is 32.1. The van der Waals surface area contributed by atoms with Gasteiger partial charge in [0.2, 0.25) is 5.91 Å². The summed E-state index contributed by atoms with van der Waals surface area (Å²) < 4.78 is 0. The van der Waals surface area contributed by atoms with Crippen LogP contribution in [0.2, 0.25) is 0 Å². The van der Waals surface area contributed by atoms with Gasteiger partial charge in [0, 0.05) is 43.5 Å². The van der Waals surface area contributed by atoms with Crippen molar-refractivity contribution >= 4 is 23.2 Å². The molecule has 1 atom stereocenters. The van der Waals surface area contributed by atoms with Gasteiger partial charge >= 0.3 is 0 Å². The van der Waals surface area contributed by atoms with E-state index in [1.165, 1.54) is 11.3 Å². The Morgan fingerprint density at radius 2 is 2.30 bits per heavy atom. The Balaban J connectivity index is 1.60. The van der Waals surface area contributed by atoms with Crippen molar-refractivity contribution in [2.45, 2.75) is 25.4 Å². The van der Waals surface area contributed by atoms with Crippen molar-refractivity contribution in [3.05, 3.63) is 21.9 Å². The van der Waals surface area contributed by atoms with E-state index in [9.17, 15) is 9.59 Å². The summed E-state index contributed by atoms with van der Waals surface area (Å²) in [5, 5.41) is 0. The van der Waals surface area contributed by atoms with Crippen molar-refractivity contribution in [1.82, 2.24) is 15.2 Å². The van der Waals surface area contributed by atoms with Gasteiger partial charge in [-0.1, -0.05) is 0 Å². The molecule has 2 fully saturated rings. The van der Waals surface area contributed by atoms with E-state index >= 15 is 0 Å². The molecule has 2 amide bonds. The Hall–Kier alpha value is -1.44.